The zero-order valence-corrected chi connectivity index (χ0v) is 11.1. The van der Waals surface area contributed by atoms with E-state index >= 15 is 0 Å². The first-order chi connectivity index (χ1) is 8.10. The Balaban J connectivity index is 2.32. The van der Waals surface area contributed by atoms with Crippen LogP contribution in [0, 0.1) is 13.8 Å². The summed E-state index contributed by atoms with van der Waals surface area (Å²) in [4.78, 5) is 16.0. The van der Waals surface area contributed by atoms with Gasteiger partial charge in [-0.15, -0.1) is 0 Å². The molecule has 0 aliphatic carbocycles. The molecule has 4 heteroatoms. The summed E-state index contributed by atoms with van der Waals surface area (Å²) in [5.41, 5.74) is 3.38. The third kappa shape index (κ3) is 2.64. The maximum Gasteiger partial charge on any atom is 0.226 e. The van der Waals surface area contributed by atoms with Crippen molar-refractivity contribution in [1.29, 1.82) is 0 Å². The summed E-state index contributed by atoms with van der Waals surface area (Å²) in [6, 6.07) is 4.22. The second-order valence-corrected chi connectivity index (χ2v) is 5.28. The number of anilines is 1. The Morgan fingerprint density at radius 1 is 1.41 bits per heavy atom. The number of nitrogens with zero attached hydrogens (tertiary/aromatic N) is 1. The van der Waals surface area contributed by atoms with E-state index in [1.165, 1.54) is 16.9 Å². The predicted octanol–water partition coefficient (Wildman–Crippen LogP) is 3.65. The molecular formula is C13H16N2OS. The molecular weight excluding hydrogens is 232 g/mol. The molecule has 0 aliphatic heterocycles. The first-order valence-electron chi connectivity index (χ1n) is 5.77. The van der Waals surface area contributed by atoms with E-state index in [9.17, 15) is 4.79 Å². The van der Waals surface area contributed by atoms with E-state index in [0.717, 1.165) is 22.2 Å². The minimum Gasteiger partial charge on any atom is -0.302 e. The van der Waals surface area contributed by atoms with Crippen molar-refractivity contribution in [3.8, 4) is 0 Å². The molecule has 2 aromatic rings. The molecule has 0 aliphatic rings. The summed E-state index contributed by atoms with van der Waals surface area (Å²) in [6.45, 7) is 6.11. The van der Waals surface area contributed by atoms with Crippen molar-refractivity contribution in [3.05, 3.63) is 23.3 Å². The second kappa shape index (κ2) is 4.84. The third-order valence-electron chi connectivity index (χ3n) is 2.55. The van der Waals surface area contributed by atoms with E-state index in [1.54, 1.807) is 0 Å². The summed E-state index contributed by atoms with van der Waals surface area (Å²) in [5, 5.41) is 3.55. The molecule has 0 spiro atoms. The SMILES string of the molecule is CCCC(=O)Nc1nc2c(C)cc(C)cc2s1. The molecule has 0 atom stereocenters. The summed E-state index contributed by atoms with van der Waals surface area (Å²) in [5.74, 6) is 0.0425. The normalized spacial score (nSPS) is 10.8. The van der Waals surface area contributed by atoms with Crippen molar-refractivity contribution in [1.82, 2.24) is 4.98 Å². The zero-order valence-electron chi connectivity index (χ0n) is 10.3. The van der Waals surface area contributed by atoms with Crippen LogP contribution in [0.4, 0.5) is 5.13 Å². The van der Waals surface area contributed by atoms with Gasteiger partial charge >= 0.3 is 0 Å². The summed E-state index contributed by atoms with van der Waals surface area (Å²) >= 11 is 1.54. The van der Waals surface area contributed by atoms with Crippen LogP contribution in [0.15, 0.2) is 12.1 Å². The molecule has 3 nitrogen and oxygen atoms in total. The lowest BCUT2D eigenvalue weighted by Gasteiger charge is -1.97. The first-order valence-corrected chi connectivity index (χ1v) is 6.59. The maximum atomic E-state index is 11.5. The van der Waals surface area contributed by atoms with Crippen molar-refractivity contribution in [3.63, 3.8) is 0 Å². The van der Waals surface area contributed by atoms with E-state index in [4.69, 9.17) is 0 Å². The van der Waals surface area contributed by atoms with E-state index in [2.05, 4.69) is 29.4 Å². The van der Waals surface area contributed by atoms with Crippen LogP contribution in [-0.2, 0) is 4.79 Å². The van der Waals surface area contributed by atoms with Crippen LogP contribution in [0.25, 0.3) is 10.2 Å². The monoisotopic (exact) mass is 248 g/mol. The van der Waals surface area contributed by atoms with Crippen molar-refractivity contribution < 1.29 is 4.79 Å². The number of amides is 1. The molecule has 17 heavy (non-hydrogen) atoms. The molecule has 1 N–H and O–H groups in total. The summed E-state index contributed by atoms with van der Waals surface area (Å²) in [6.07, 6.45) is 1.41. The standard InChI is InChI=1S/C13H16N2OS/c1-4-5-11(16)14-13-15-12-9(3)6-8(2)7-10(12)17-13/h6-7H,4-5H2,1-3H3,(H,14,15,16). The van der Waals surface area contributed by atoms with Crippen molar-refractivity contribution in [2.45, 2.75) is 33.6 Å². The van der Waals surface area contributed by atoms with Gasteiger partial charge in [0, 0.05) is 6.42 Å². The van der Waals surface area contributed by atoms with Gasteiger partial charge in [-0.1, -0.05) is 24.3 Å². The number of carbonyl (C=O) groups excluding carboxylic acids is 1. The van der Waals surface area contributed by atoms with Crippen LogP contribution in [0.5, 0.6) is 0 Å². The highest BCUT2D eigenvalue weighted by Gasteiger charge is 2.09. The molecule has 0 unspecified atom stereocenters. The molecule has 0 radical (unpaired) electrons. The molecule has 0 saturated carbocycles. The molecule has 0 saturated heterocycles. The number of thiazole rings is 1. The molecule has 90 valence electrons. The van der Waals surface area contributed by atoms with Gasteiger partial charge in [0.2, 0.25) is 5.91 Å². The maximum absolute atomic E-state index is 11.5. The number of rotatable bonds is 3. The quantitative estimate of drug-likeness (QED) is 0.900. The highest BCUT2D eigenvalue weighted by molar-refractivity contribution is 7.22. The summed E-state index contributed by atoms with van der Waals surface area (Å²) in [7, 11) is 0. The van der Waals surface area contributed by atoms with Gasteiger partial charge in [-0.05, 0) is 37.5 Å². The Bertz CT molecular complexity index is 560. The zero-order chi connectivity index (χ0) is 12.4. The average Bonchev–Trinajstić information content (AvgIpc) is 2.60. The van der Waals surface area contributed by atoms with Gasteiger partial charge < -0.3 is 5.32 Å². The number of fused-ring (bicyclic) bond motifs is 1. The predicted molar refractivity (Wildman–Crippen MR) is 72.6 cm³/mol. The number of benzene rings is 1. The number of aromatic nitrogens is 1. The van der Waals surface area contributed by atoms with Gasteiger partial charge in [0.1, 0.15) is 0 Å². The lowest BCUT2D eigenvalue weighted by atomic mass is 10.1. The van der Waals surface area contributed by atoms with Crippen molar-refractivity contribution in [2.75, 3.05) is 5.32 Å². The average molecular weight is 248 g/mol. The minimum absolute atomic E-state index is 0.0425. The largest absolute Gasteiger partial charge is 0.302 e. The van der Waals surface area contributed by atoms with Gasteiger partial charge in [-0.3, -0.25) is 4.79 Å². The third-order valence-corrected chi connectivity index (χ3v) is 3.47. The highest BCUT2D eigenvalue weighted by Crippen LogP contribution is 2.29. The van der Waals surface area contributed by atoms with Crippen molar-refractivity contribution in [2.24, 2.45) is 0 Å². The Labute approximate surface area is 105 Å². The van der Waals surface area contributed by atoms with Crippen LogP contribution < -0.4 is 5.32 Å². The minimum atomic E-state index is 0.0425. The molecule has 0 fully saturated rings. The molecule has 2 rings (SSSR count). The number of carbonyl (C=O) groups is 1. The molecule has 1 amide bonds. The fourth-order valence-electron chi connectivity index (χ4n) is 1.83. The van der Waals surface area contributed by atoms with Gasteiger partial charge in [0.25, 0.3) is 0 Å². The van der Waals surface area contributed by atoms with Crippen LogP contribution in [0.3, 0.4) is 0 Å². The van der Waals surface area contributed by atoms with Crippen LogP contribution in [0.1, 0.15) is 30.9 Å². The van der Waals surface area contributed by atoms with Crippen LogP contribution >= 0.6 is 11.3 Å². The Morgan fingerprint density at radius 2 is 2.18 bits per heavy atom. The highest BCUT2D eigenvalue weighted by atomic mass is 32.1. The lowest BCUT2D eigenvalue weighted by Crippen LogP contribution is -2.09. The van der Waals surface area contributed by atoms with E-state index in [0.29, 0.717) is 11.6 Å². The Hall–Kier alpha value is -1.42. The van der Waals surface area contributed by atoms with Crippen LogP contribution in [-0.4, -0.2) is 10.9 Å². The topological polar surface area (TPSA) is 42.0 Å². The van der Waals surface area contributed by atoms with Gasteiger partial charge in [0.15, 0.2) is 5.13 Å². The Morgan fingerprint density at radius 3 is 2.88 bits per heavy atom. The Kier molecular flexibility index (Phi) is 3.43. The number of hydrogen-bond donors (Lipinski definition) is 1. The van der Waals surface area contributed by atoms with Gasteiger partial charge in [-0.25, -0.2) is 4.98 Å². The number of aryl methyl sites for hydroxylation is 2. The number of hydrogen-bond acceptors (Lipinski definition) is 3. The second-order valence-electron chi connectivity index (χ2n) is 4.25. The fourth-order valence-corrected chi connectivity index (χ4v) is 2.89. The van der Waals surface area contributed by atoms with E-state index in [-0.39, 0.29) is 5.91 Å². The summed E-state index contributed by atoms with van der Waals surface area (Å²) < 4.78 is 1.13. The smallest absolute Gasteiger partial charge is 0.226 e. The molecule has 1 heterocycles. The molecule has 1 aromatic carbocycles. The van der Waals surface area contributed by atoms with Gasteiger partial charge in [0.05, 0.1) is 10.2 Å². The van der Waals surface area contributed by atoms with E-state index in [1.807, 2.05) is 13.8 Å². The van der Waals surface area contributed by atoms with Gasteiger partial charge in [-0.2, -0.15) is 0 Å². The van der Waals surface area contributed by atoms with Crippen LogP contribution in [0.2, 0.25) is 0 Å². The number of nitrogens with one attached hydrogen (secondary N) is 1. The van der Waals surface area contributed by atoms with E-state index < -0.39 is 0 Å². The fraction of sp³-hybridized carbons (Fsp3) is 0.385. The van der Waals surface area contributed by atoms with Crippen molar-refractivity contribution >= 4 is 32.6 Å². The molecule has 0 bridgehead atoms. The molecule has 1 aromatic heterocycles. The lowest BCUT2D eigenvalue weighted by molar-refractivity contribution is -0.116. The first kappa shape index (κ1) is 12.0.